The first kappa shape index (κ1) is 18.8. The molecule has 0 aliphatic heterocycles. The molecule has 0 saturated heterocycles. The first-order valence-electron chi connectivity index (χ1n) is 8.43. The predicted octanol–water partition coefficient (Wildman–Crippen LogP) is 1.72. The predicted molar refractivity (Wildman–Crippen MR) is 101 cm³/mol. The molecule has 0 fully saturated rings. The Labute approximate surface area is 158 Å². The number of sulfone groups is 1. The second-order valence-corrected chi connectivity index (χ2v) is 8.01. The highest BCUT2D eigenvalue weighted by molar-refractivity contribution is 7.91. The molecule has 7 nitrogen and oxygen atoms in total. The third-order valence-electron chi connectivity index (χ3n) is 4.02. The van der Waals surface area contributed by atoms with E-state index in [2.05, 4.69) is 15.5 Å². The van der Waals surface area contributed by atoms with Gasteiger partial charge in [0.25, 0.3) is 5.16 Å². The highest BCUT2D eigenvalue weighted by Gasteiger charge is 2.26. The fourth-order valence-electron chi connectivity index (χ4n) is 2.62. The number of rotatable bonds is 7. The zero-order valence-electron chi connectivity index (χ0n) is 14.9. The van der Waals surface area contributed by atoms with E-state index in [4.69, 9.17) is 0 Å². The van der Waals surface area contributed by atoms with Gasteiger partial charge in [0.15, 0.2) is 0 Å². The van der Waals surface area contributed by atoms with Crippen LogP contribution in [0.3, 0.4) is 0 Å². The molecule has 0 bridgehead atoms. The molecule has 3 aromatic rings. The molecule has 1 heterocycles. The Morgan fingerprint density at radius 1 is 0.963 bits per heavy atom. The SMILES string of the molecule is Cc1nnc(S(=O)(=O)CC(=O)NCc2ccccc2)n1Cc1ccccc1. The second-order valence-electron chi connectivity index (χ2n) is 6.12. The van der Waals surface area contributed by atoms with Crippen molar-refractivity contribution in [2.45, 2.75) is 25.2 Å². The minimum absolute atomic E-state index is 0.196. The lowest BCUT2D eigenvalue weighted by Gasteiger charge is -2.10. The van der Waals surface area contributed by atoms with Crippen LogP contribution < -0.4 is 5.32 Å². The number of hydrogen-bond donors (Lipinski definition) is 1. The van der Waals surface area contributed by atoms with E-state index in [0.717, 1.165) is 11.1 Å². The molecule has 0 aliphatic carbocycles. The van der Waals surface area contributed by atoms with Crippen molar-refractivity contribution >= 4 is 15.7 Å². The van der Waals surface area contributed by atoms with Crippen LogP contribution in [0.4, 0.5) is 0 Å². The summed E-state index contributed by atoms with van der Waals surface area (Å²) in [6.07, 6.45) is 0. The fraction of sp³-hybridized carbons (Fsp3) is 0.211. The molecule has 0 radical (unpaired) electrons. The van der Waals surface area contributed by atoms with Crippen molar-refractivity contribution < 1.29 is 13.2 Å². The van der Waals surface area contributed by atoms with Gasteiger partial charge < -0.3 is 5.32 Å². The fourth-order valence-corrected chi connectivity index (χ4v) is 3.90. The molecule has 0 spiro atoms. The van der Waals surface area contributed by atoms with E-state index in [1.54, 1.807) is 6.92 Å². The third-order valence-corrected chi connectivity index (χ3v) is 5.52. The van der Waals surface area contributed by atoms with Gasteiger partial charge in [-0.2, -0.15) is 0 Å². The van der Waals surface area contributed by atoms with Gasteiger partial charge in [-0.3, -0.25) is 9.36 Å². The second kappa shape index (κ2) is 8.13. The van der Waals surface area contributed by atoms with Crippen LogP contribution in [0.2, 0.25) is 0 Å². The molecule has 140 valence electrons. The van der Waals surface area contributed by atoms with Crippen LogP contribution in [0.15, 0.2) is 65.8 Å². The zero-order valence-corrected chi connectivity index (χ0v) is 15.7. The van der Waals surface area contributed by atoms with E-state index in [9.17, 15) is 13.2 Å². The number of benzene rings is 2. The number of nitrogens with zero attached hydrogens (tertiary/aromatic N) is 3. The average Bonchev–Trinajstić information content (AvgIpc) is 3.03. The average molecular weight is 384 g/mol. The van der Waals surface area contributed by atoms with Crippen molar-refractivity contribution in [3.8, 4) is 0 Å². The molecule has 2 aromatic carbocycles. The van der Waals surface area contributed by atoms with Crippen molar-refractivity contribution in [1.82, 2.24) is 20.1 Å². The van der Waals surface area contributed by atoms with E-state index in [-0.39, 0.29) is 11.7 Å². The Balaban J connectivity index is 1.72. The summed E-state index contributed by atoms with van der Waals surface area (Å²) < 4.78 is 26.9. The molecule has 1 N–H and O–H groups in total. The molecule has 0 atom stereocenters. The normalized spacial score (nSPS) is 11.3. The summed E-state index contributed by atoms with van der Waals surface area (Å²) in [6, 6.07) is 18.7. The summed E-state index contributed by atoms with van der Waals surface area (Å²) in [7, 11) is -3.92. The van der Waals surface area contributed by atoms with E-state index in [0.29, 0.717) is 12.4 Å². The standard InChI is InChI=1S/C19H20N4O3S/c1-15-21-22-19(23(15)13-17-10-6-3-7-11-17)27(25,26)14-18(24)20-12-16-8-4-2-5-9-16/h2-11H,12-14H2,1H3,(H,20,24). The van der Waals surface area contributed by atoms with Crippen molar-refractivity contribution in [2.75, 3.05) is 5.75 Å². The lowest BCUT2D eigenvalue weighted by Crippen LogP contribution is -2.31. The molecule has 0 saturated carbocycles. The molecule has 3 rings (SSSR count). The van der Waals surface area contributed by atoms with Crippen LogP contribution in [-0.2, 0) is 27.7 Å². The number of carbonyl (C=O) groups is 1. The van der Waals surface area contributed by atoms with Crippen LogP contribution in [0.25, 0.3) is 0 Å². The molecular weight excluding hydrogens is 364 g/mol. The van der Waals surface area contributed by atoms with Gasteiger partial charge in [0.1, 0.15) is 11.6 Å². The molecule has 1 amide bonds. The number of carbonyl (C=O) groups excluding carboxylic acids is 1. The minimum atomic E-state index is -3.92. The number of aromatic nitrogens is 3. The largest absolute Gasteiger partial charge is 0.351 e. The highest BCUT2D eigenvalue weighted by atomic mass is 32.2. The van der Waals surface area contributed by atoms with Gasteiger partial charge in [0, 0.05) is 6.54 Å². The molecule has 1 aromatic heterocycles. The monoisotopic (exact) mass is 384 g/mol. The maximum atomic E-state index is 12.7. The van der Waals surface area contributed by atoms with Crippen LogP contribution in [0.1, 0.15) is 17.0 Å². The number of hydrogen-bond acceptors (Lipinski definition) is 5. The number of amides is 1. The van der Waals surface area contributed by atoms with E-state index >= 15 is 0 Å². The maximum absolute atomic E-state index is 12.7. The molecular formula is C19H20N4O3S. The Kier molecular flexibility index (Phi) is 5.66. The first-order chi connectivity index (χ1) is 13.0. The smallest absolute Gasteiger partial charge is 0.250 e. The van der Waals surface area contributed by atoms with Crippen LogP contribution in [-0.4, -0.2) is 34.8 Å². The topological polar surface area (TPSA) is 94.0 Å². The van der Waals surface area contributed by atoms with Gasteiger partial charge >= 0.3 is 0 Å². The van der Waals surface area contributed by atoms with Gasteiger partial charge in [0.2, 0.25) is 15.7 Å². The number of aryl methyl sites for hydroxylation is 1. The van der Waals surface area contributed by atoms with Crippen LogP contribution in [0.5, 0.6) is 0 Å². The van der Waals surface area contributed by atoms with Gasteiger partial charge in [-0.05, 0) is 18.1 Å². The lowest BCUT2D eigenvalue weighted by atomic mass is 10.2. The molecule has 8 heteroatoms. The van der Waals surface area contributed by atoms with E-state index < -0.39 is 21.5 Å². The summed E-state index contributed by atoms with van der Waals surface area (Å²) in [5.41, 5.74) is 1.82. The lowest BCUT2D eigenvalue weighted by molar-refractivity contribution is -0.118. The Morgan fingerprint density at radius 2 is 1.56 bits per heavy atom. The minimum Gasteiger partial charge on any atom is -0.351 e. The van der Waals surface area contributed by atoms with Crippen molar-refractivity contribution in [3.63, 3.8) is 0 Å². The quantitative estimate of drug-likeness (QED) is 0.669. The van der Waals surface area contributed by atoms with Gasteiger partial charge in [-0.1, -0.05) is 60.7 Å². The zero-order chi connectivity index (χ0) is 19.3. The van der Waals surface area contributed by atoms with Crippen LogP contribution in [0, 0.1) is 6.92 Å². The van der Waals surface area contributed by atoms with Crippen LogP contribution >= 0.6 is 0 Å². The van der Waals surface area contributed by atoms with Crippen molar-refractivity contribution in [3.05, 3.63) is 77.6 Å². The summed E-state index contributed by atoms with van der Waals surface area (Å²) >= 11 is 0. The van der Waals surface area contributed by atoms with Gasteiger partial charge in [-0.25, -0.2) is 8.42 Å². The van der Waals surface area contributed by atoms with Crippen molar-refractivity contribution in [2.24, 2.45) is 0 Å². The summed E-state index contributed by atoms with van der Waals surface area (Å²) in [5, 5.41) is 10.1. The van der Waals surface area contributed by atoms with E-state index in [1.165, 1.54) is 4.57 Å². The van der Waals surface area contributed by atoms with Crippen molar-refractivity contribution in [1.29, 1.82) is 0 Å². The van der Waals surface area contributed by atoms with Gasteiger partial charge in [0.05, 0.1) is 6.54 Å². The highest BCUT2D eigenvalue weighted by Crippen LogP contribution is 2.13. The number of nitrogens with one attached hydrogen (secondary N) is 1. The molecule has 0 unspecified atom stereocenters. The van der Waals surface area contributed by atoms with Gasteiger partial charge in [-0.15, -0.1) is 10.2 Å². The third kappa shape index (κ3) is 4.79. The first-order valence-corrected chi connectivity index (χ1v) is 10.1. The Bertz CT molecular complexity index is 1020. The summed E-state index contributed by atoms with van der Waals surface area (Å²) in [4.78, 5) is 12.1. The molecule has 27 heavy (non-hydrogen) atoms. The maximum Gasteiger partial charge on any atom is 0.250 e. The molecule has 0 aliphatic rings. The Morgan fingerprint density at radius 3 is 2.19 bits per heavy atom. The Hall–Kier alpha value is -3.00. The summed E-state index contributed by atoms with van der Waals surface area (Å²) in [6.45, 7) is 2.27. The summed E-state index contributed by atoms with van der Waals surface area (Å²) in [5.74, 6) is -0.778. The van der Waals surface area contributed by atoms with E-state index in [1.807, 2.05) is 60.7 Å².